The fraction of sp³-hybridized carbons (Fsp3) is 0.929. The van der Waals surface area contributed by atoms with Crippen molar-refractivity contribution in [1.29, 1.82) is 0 Å². The maximum absolute atomic E-state index is 2.44. The van der Waals surface area contributed by atoms with Crippen LogP contribution in [0.4, 0.5) is 0 Å². The molecule has 2 unspecified atom stereocenters. The van der Waals surface area contributed by atoms with E-state index in [9.17, 15) is 0 Å². The lowest BCUT2D eigenvalue weighted by atomic mass is 9.92. The van der Waals surface area contributed by atoms with E-state index in [0.717, 1.165) is 11.8 Å². The van der Waals surface area contributed by atoms with E-state index in [-0.39, 0.29) is 0 Å². The van der Waals surface area contributed by atoms with Gasteiger partial charge in [-0.1, -0.05) is 143 Å². The minimum Gasteiger partial charge on any atom is -0.0885 e. The van der Waals surface area contributed by atoms with Crippen molar-refractivity contribution < 1.29 is 0 Å². The number of hydrogen-bond acceptors (Lipinski definition) is 0. The molecule has 168 valence electrons. The normalized spacial score (nSPS) is 14.0. The van der Waals surface area contributed by atoms with E-state index in [4.69, 9.17) is 0 Å². The van der Waals surface area contributed by atoms with Crippen molar-refractivity contribution in [2.24, 2.45) is 11.8 Å². The molecule has 0 heterocycles. The summed E-state index contributed by atoms with van der Waals surface area (Å²) in [6.07, 6.45) is 33.3. The quantitative estimate of drug-likeness (QED) is 0.127. The zero-order valence-corrected chi connectivity index (χ0v) is 20.5. The lowest BCUT2D eigenvalue weighted by molar-refractivity contribution is 0.392. The average Bonchev–Trinajstić information content (AvgIpc) is 2.71. The second kappa shape index (κ2) is 23.0. The summed E-state index contributed by atoms with van der Waals surface area (Å²) >= 11 is 0. The largest absolute Gasteiger partial charge is 0.0885 e. The van der Waals surface area contributed by atoms with Crippen LogP contribution in [0.1, 0.15) is 156 Å². The highest BCUT2D eigenvalue weighted by atomic mass is 14.1. The molecule has 0 aromatic rings. The van der Waals surface area contributed by atoms with Gasteiger partial charge in [0.15, 0.2) is 0 Å². The second-order valence-corrected chi connectivity index (χ2v) is 9.45. The van der Waals surface area contributed by atoms with Crippen LogP contribution in [-0.4, -0.2) is 0 Å². The zero-order valence-electron chi connectivity index (χ0n) is 20.5. The Morgan fingerprint density at radius 1 is 0.500 bits per heavy atom. The van der Waals surface area contributed by atoms with Crippen molar-refractivity contribution in [2.75, 3.05) is 0 Å². The van der Waals surface area contributed by atoms with Crippen LogP contribution in [0, 0.1) is 11.8 Å². The minimum atomic E-state index is 0.940. The van der Waals surface area contributed by atoms with Gasteiger partial charge in [-0.15, -0.1) is 0 Å². The van der Waals surface area contributed by atoms with E-state index in [1.165, 1.54) is 128 Å². The Bertz CT molecular complexity index is 303. The summed E-state index contributed by atoms with van der Waals surface area (Å²) in [5.41, 5.74) is 0. The van der Waals surface area contributed by atoms with Crippen LogP contribution in [0.3, 0.4) is 0 Å². The highest BCUT2D eigenvalue weighted by Crippen LogP contribution is 2.22. The molecule has 0 fully saturated rings. The van der Waals surface area contributed by atoms with Crippen molar-refractivity contribution >= 4 is 0 Å². The topological polar surface area (TPSA) is 0 Å². The van der Waals surface area contributed by atoms with Crippen LogP contribution in [0.15, 0.2) is 12.2 Å². The Hall–Kier alpha value is -0.260. The monoisotopic (exact) mass is 392 g/mol. The first-order chi connectivity index (χ1) is 13.7. The molecule has 0 aliphatic heterocycles. The first-order valence-corrected chi connectivity index (χ1v) is 13.4. The molecular weight excluding hydrogens is 336 g/mol. The summed E-state index contributed by atoms with van der Waals surface area (Å²) in [7, 11) is 0. The van der Waals surface area contributed by atoms with Crippen LogP contribution in [-0.2, 0) is 0 Å². The maximum Gasteiger partial charge on any atom is -0.0351 e. The molecule has 0 aromatic heterocycles. The molecule has 0 amide bonds. The Morgan fingerprint density at radius 2 is 0.964 bits per heavy atom. The molecule has 0 N–H and O–H groups in total. The van der Waals surface area contributed by atoms with Gasteiger partial charge in [-0.05, 0) is 37.5 Å². The molecular formula is C28H56. The third-order valence-corrected chi connectivity index (χ3v) is 6.71. The van der Waals surface area contributed by atoms with Crippen LogP contribution >= 0.6 is 0 Å². The lowest BCUT2D eigenvalue weighted by Crippen LogP contribution is -1.99. The van der Waals surface area contributed by atoms with E-state index >= 15 is 0 Å². The van der Waals surface area contributed by atoms with Gasteiger partial charge in [0.1, 0.15) is 0 Å². The Kier molecular flexibility index (Phi) is 22.8. The van der Waals surface area contributed by atoms with Crippen molar-refractivity contribution in [1.82, 2.24) is 0 Å². The number of hydrogen-bond donors (Lipinski definition) is 0. The van der Waals surface area contributed by atoms with Crippen molar-refractivity contribution in [2.45, 2.75) is 156 Å². The summed E-state index contributed by atoms with van der Waals surface area (Å²) in [6.45, 7) is 9.42. The van der Waals surface area contributed by atoms with Crippen LogP contribution in [0.2, 0.25) is 0 Å². The average molecular weight is 393 g/mol. The third kappa shape index (κ3) is 20.5. The molecule has 0 saturated carbocycles. The number of rotatable bonds is 22. The first-order valence-electron chi connectivity index (χ1n) is 13.4. The van der Waals surface area contributed by atoms with Crippen LogP contribution in [0.25, 0.3) is 0 Å². The summed E-state index contributed by atoms with van der Waals surface area (Å²) < 4.78 is 0. The molecule has 0 nitrogen and oxygen atoms in total. The van der Waals surface area contributed by atoms with Gasteiger partial charge >= 0.3 is 0 Å². The molecule has 0 aliphatic rings. The molecule has 0 bridgehead atoms. The van der Waals surface area contributed by atoms with Crippen molar-refractivity contribution in [3.63, 3.8) is 0 Å². The summed E-state index contributed by atoms with van der Waals surface area (Å²) in [5, 5.41) is 0. The number of unbranched alkanes of at least 4 members (excludes halogenated alkanes) is 12. The van der Waals surface area contributed by atoms with E-state index in [1.807, 2.05) is 0 Å². The molecule has 0 radical (unpaired) electrons. The van der Waals surface area contributed by atoms with Gasteiger partial charge in [0, 0.05) is 0 Å². The lowest BCUT2D eigenvalue weighted by Gasteiger charge is -2.14. The predicted octanol–water partition coefficient (Wildman–Crippen LogP) is 10.7. The number of allylic oxidation sites excluding steroid dienone is 2. The standard InChI is InChI=1S/C28H56/c1-5-8-9-10-11-12-13-14-15-16-19-22-25-28(7-3)26-23-20-17-18-21-24-27(4)6-2/h13-14,27-28H,5-12,15-26H2,1-4H3/b14-13+. The van der Waals surface area contributed by atoms with E-state index in [2.05, 4.69) is 39.8 Å². The van der Waals surface area contributed by atoms with Gasteiger partial charge < -0.3 is 0 Å². The Balaban J connectivity index is 3.39. The molecule has 0 heteroatoms. The first kappa shape index (κ1) is 27.7. The molecule has 0 rings (SSSR count). The Morgan fingerprint density at radius 3 is 1.50 bits per heavy atom. The molecule has 0 aromatic carbocycles. The van der Waals surface area contributed by atoms with Gasteiger partial charge in [-0.3, -0.25) is 0 Å². The van der Waals surface area contributed by atoms with Gasteiger partial charge in [0.05, 0.1) is 0 Å². The van der Waals surface area contributed by atoms with Gasteiger partial charge in [-0.2, -0.15) is 0 Å². The third-order valence-electron chi connectivity index (χ3n) is 6.71. The Labute approximate surface area is 180 Å². The van der Waals surface area contributed by atoms with Crippen molar-refractivity contribution in [3.05, 3.63) is 12.2 Å². The summed E-state index contributed by atoms with van der Waals surface area (Å²) in [5.74, 6) is 1.94. The van der Waals surface area contributed by atoms with E-state index in [0.29, 0.717) is 0 Å². The fourth-order valence-electron chi connectivity index (χ4n) is 4.19. The molecule has 2 atom stereocenters. The van der Waals surface area contributed by atoms with E-state index in [1.54, 1.807) is 0 Å². The predicted molar refractivity (Wildman–Crippen MR) is 131 cm³/mol. The highest BCUT2D eigenvalue weighted by Gasteiger charge is 2.06. The smallest absolute Gasteiger partial charge is 0.0351 e. The molecule has 0 aliphatic carbocycles. The van der Waals surface area contributed by atoms with Gasteiger partial charge in [-0.25, -0.2) is 0 Å². The second-order valence-electron chi connectivity index (χ2n) is 9.45. The zero-order chi connectivity index (χ0) is 20.7. The van der Waals surface area contributed by atoms with Gasteiger partial charge in [0.2, 0.25) is 0 Å². The van der Waals surface area contributed by atoms with Gasteiger partial charge in [0.25, 0.3) is 0 Å². The fourth-order valence-corrected chi connectivity index (χ4v) is 4.19. The molecule has 0 spiro atoms. The highest BCUT2D eigenvalue weighted by molar-refractivity contribution is 4.81. The minimum absolute atomic E-state index is 0.940. The SMILES string of the molecule is CCCCCCC/C=C/CCCCCC(CC)CCCCCCCC(C)CC. The summed E-state index contributed by atoms with van der Waals surface area (Å²) in [6, 6.07) is 0. The maximum atomic E-state index is 2.44. The van der Waals surface area contributed by atoms with Crippen molar-refractivity contribution in [3.8, 4) is 0 Å². The molecule has 28 heavy (non-hydrogen) atoms. The van der Waals surface area contributed by atoms with Crippen LogP contribution in [0.5, 0.6) is 0 Å². The van der Waals surface area contributed by atoms with Crippen LogP contribution < -0.4 is 0 Å². The van der Waals surface area contributed by atoms with E-state index < -0.39 is 0 Å². The molecule has 0 saturated heterocycles. The summed E-state index contributed by atoms with van der Waals surface area (Å²) in [4.78, 5) is 0.